The monoisotopic (exact) mass is 485 g/mol. The molecule has 34 heavy (non-hydrogen) atoms. The van der Waals surface area contributed by atoms with Gasteiger partial charge in [-0.25, -0.2) is 0 Å². The van der Waals surface area contributed by atoms with E-state index in [0.717, 1.165) is 9.58 Å². The highest BCUT2D eigenvalue weighted by atomic mass is 32.2. The van der Waals surface area contributed by atoms with Crippen LogP contribution in [0.15, 0.2) is 65.2 Å². The number of hydrogen-bond acceptors (Lipinski definition) is 10. The number of rotatable bonds is 4. The van der Waals surface area contributed by atoms with Gasteiger partial charge in [-0.15, -0.1) is 32.9 Å². The van der Waals surface area contributed by atoms with Crippen LogP contribution >= 0.6 is 22.7 Å². The van der Waals surface area contributed by atoms with E-state index in [1.165, 1.54) is 28.7 Å². The van der Waals surface area contributed by atoms with Crippen LogP contribution in [0, 0.1) is 0 Å². The summed E-state index contributed by atoms with van der Waals surface area (Å²) in [5.41, 5.74) is 15.1. The molecule has 0 unspecified atom stereocenters. The molecule has 0 fully saturated rings. The minimum absolute atomic E-state index is 0.00982. The van der Waals surface area contributed by atoms with Crippen molar-refractivity contribution in [2.75, 3.05) is 11.5 Å². The lowest BCUT2D eigenvalue weighted by molar-refractivity contribution is 0.104. The van der Waals surface area contributed by atoms with Crippen molar-refractivity contribution >= 4 is 60.1 Å². The van der Waals surface area contributed by atoms with E-state index in [9.17, 15) is 9.90 Å². The lowest BCUT2D eigenvalue weighted by Gasteiger charge is -2.06. The van der Waals surface area contributed by atoms with Gasteiger partial charge in [0, 0.05) is 22.7 Å². The number of nitrogens with two attached hydrogens (primary N) is 2. The number of ketones is 1. The summed E-state index contributed by atoms with van der Waals surface area (Å²) in [4.78, 5) is 18.6. The third-order valence-corrected chi connectivity index (χ3v) is 7.95. The molecular weight excluding hydrogens is 470 g/mol. The number of aromatic nitrogens is 3. The zero-order valence-electron chi connectivity index (χ0n) is 17.4. The average molecular weight is 486 g/mol. The molecule has 166 valence electrons. The Kier molecular flexibility index (Phi) is 4.57. The summed E-state index contributed by atoms with van der Waals surface area (Å²) in [6.45, 7) is 0. The molecule has 0 aliphatic rings. The van der Waals surface area contributed by atoms with Gasteiger partial charge in [0.05, 0.1) is 20.8 Å². The van der Waals surface area contributed by atoms with Crippen LogP contribution in [0.2, 0.25) is 0 Å². The zero-order chi connectivity index (χ0) is 23.4. The maximum atomic E-state index is 13.4. The molecule has 0 radical (unpaired) electrons. The van der Waals surface area contributed by atoms with Crippen molar-refractivity contribution in [2.45, 2.75) is 0 Å². The van der Waals surface area contributed by atoms with Gasteiger partial charge in [0.15, 0.2) is 0 Å². The van der Waals surface area contributed by atoms with Crippen LogP contribution in [-0.4, -0.2) is 26.1 Å². The number of nitrogen functional groups attached to an aromatic ring is 2. The number of carbonyl (C=O) groups excluding carboxylic acids is 1. The van der Waals surface area contributed by atoms with Gasteiger partial charge in [-0.2, -0.15) is 0 Å². The molecule has 0 amide bonds. The number of anilines is 2. The zero-order valence-corrected chi connectivity index (χ0v) is 19.0. The summed E-state index contributed by atoms with van der Waals surface area (Å²) < 4.78 is 6.64. The molecule has 0 atom stereocenters. The molecule has 0 bridgehead atoms. The molecule has 2 aromatic carbocycles. The largest absolute Gasteiger partial charge is 0.506 e. The van der Waals surface area contributed by atoms with Crippen molar-refractivity contribution in [2.24, 2.45) is 0 Å². The van der Waals surface area contributed by atoms with Gasteiger partial charge in [0.1, 0.15) is 21.0 Å². The maximum Gasteiger partial charge on any atom is 0.260 e. The number of thiophene rings is 2. The van der Waals surface area contributed by atoms with Gasteiger partial charge in [-0.3, -0.25) is 9.78 Å². The average Bonchev–Trinajstić information content (AvgIpc) is 3.55. The number of benzene rings is 2. The summed E-state index contributed by atoms with van der Waals surface area (Å²) in [5, 5.41) is 19.5. The molecular formula is C24H15N5O3S2. The fraction of sp³-hybridized carbons (Fsp3) is 0. The van der Waals surface area contributed by atoms with E-state index in [-0.39, 0.29) is 11.5 Å². The molecule has 0 aliphatic carbocycles. The van der Waals surface area contributed by atoms with E-state index in [4.69, 9.17) is 15.9 Å². The Balaban J connectivity index is 1.42. The molecule has 10 heteroatoms. The predicted octanol–water partition coefficient (Wildman–Crippen LogP) is 5.33. The van der Waals surface area contributed by atoms with Gasteiger partial charge >= 0.3 is 0 Å². The summed E-state index contributed by atoms with van der Waals surface area (Å²) in [6, 6.07) is 15.9. The van der Waals surface area contributed by atoms with E-state index in [1.54, 1.807) is 24.4 Å². The fourth-order valence-corrected chi connectivity index (χ4v) is 6.31. The lowest BCUT2D eigenvalue weighted by atomic mass is 10.0. The SMILES string of the molecule is Nc1c(C(=O)c2ccc(O)c3ncccc23)sc2sc(-c3nnc(-c4ccccc4)o3)c(N)c12. The standard InChI is InChI=1S/C24H15N5O3S2/c25-16-15-17(26)21(23-29-28-22(32-23)11-5-2-1-3-6-11)34-24(15)33-20(16)19(31)13-8-9-14(30)18-12(13)7-4-10-27-18/h1-10,30H,25-26H2. The number of nitrogens with zero attached hydrogens (tertiary/aromatic N) is 3. The Morgan fingerprint density at radius 2 is 1.71 bits per heavy atom. The Morgan fingerprint density at radius 3 is 2.50 bits per heavy atom. The Morgan fingerprint density at radius 1 is 0.912 bits per heavy atom. The third kappa shape index (κ3) is 3.04. The van der Waals surface area contributed by atoms with Crippen LogP contribution < -0.4 is 11.5 Å². The fourth-order valence-electron chi connectivity index (χ4n) is 3.83. The van der Waals surface area contributed by atoms with Crippen LogP contribution in [0.25, 0.3) is 42.5 Å². The highest BCUT2D eigenvalue weighted by Crippen LogP contribution is 2.49. The summed E-state index contributed by atoms with van der Waals surface area (Å²) in [5.74, 6) is 0.445. The van der Waals surface area contributed by atoms with Crippen molar-refractivity contribution in [3.63, 3.8) is 0 Å². The van der Waals surface area contributed by atoms with Gasteiger partial charge in [0.2, 0.25) is 11.7 Å². The molecule has 5 N–H and O–H groups in total. The van der Waals surface area contributed by atoms with E-state index >= 15 is 0 Å². The van der Waals surface area contributed by atoms with Crippen molar-refractivity contribution in [1.29, 1.82) is 0 Å². The van der Waals surface area contributed by atoms with E-state index in [0.29, 0.717) is 54.8 Å². The van der Waals surface area contributed by atoms with Crippen molar-refractivity contribution in [1.82, 2.24) is 15.2 Å². The number of pyridine rings is 1. The van der Waals surface area contributed by atoms with Gasteiger partial charge in [-0.1, -0.05) is 24.3 Å². The topological polar surface area (TPSA) is 141 Å². The lowest BCUT2D eigenvalue weighted by Crippen LogP contribution is -2.03. The first-order valence-electron chi connectivity index (χ1n) is 10.1. The van der Waals surface area contributed by atoms with Crippen LogP contribution in [0.1, 0.15) is 15.2 Å². The second-order valence-corrected chi connectivity index (χ2v) is 9.79. The Hall–Kier alpha value is -4.28. The summed E-state index contributed by atoms with van der Waals surface area (Å²) in [6.07, 6.45) is 1.56. The Labute approximate surface area is 200 Å². The number of aromatic hydroxyl groups is 1. The number of hydrogen-bond donors (Lipinski definition) is 3. The summed E-state index contributed by atoms with van der Waals surface area (Å²) in [7, 11) is 0. The minimum atomic E-state index is -0.256. The van der Waals surface area contributed by atoms with Crippen LogP contribution in [-0.2, 0) is 0 Å². The van der Waals surface area contributed by atoms with Crippen molar-refractivity contribution in [3.05, 3.63) is 71.2 Å². The molecule has 4 aromatic heterocycles. The Bertz CT molecular complexity index is 1720. The number of phenols is 1. The first-order valence-corrected chi connectivity index (χ1v) is 11.8. The first kappa shape index (κ1) is 20.3. The van der Waals surface area contributed by atoms with Crippen LogP contribution in [0.5, 0.6) is 5.75 Å². The predicted molar refractivity (Wildman–Crippen MR) is 134 cm³/mol. The molecule has 6 aromatic rings. The number of carbonyl (C=O) groups is 1. The molecule has 4 heterocycles. The molecule has 6 rings (SSSR count). The van der Waals surface area contributed by atoms with Crippen LogP contribution in [0.4, 0.5) is 11.4 Å². The molecule has 8 nitrogen and oxygen atoms in total. The second kappa shape index (κ2) is 7.65. The maximum absolute atomic E-state index is 13.4. The van der Waals surface area contributed by atoms with Gasteiger partial charge in [-0.05, 0) is 30.3 Å². The number of phenolic OH excluding ortho intramolecular Hbond substituents is 1. The normalized spacial score (nSPS) is 11.4. The van der Waals surface area contributed by atoms with E-state index in [1.807, 2.05) is 30.3 Å². The summed E-state index contributed by atoms with van der Waals surface area (Å²) >= 11 is 2.62. The minimum Gasteiger partial charge on any atom is -0.506 e. The first-order chi connectivity index (χ1) is 16.5. The number of fused-ring (bicyclic) bond motifs is 2. The highest BCUT2D eigenvalue weighted by Gasteiger charge is 2.26. The molecule has 0 spiro atoms. The molecule has 0 saturated carbocycles. The van der Waals surface area contributed by atoms with Gasteiger partial charge < -0.3 is 21.0 Å². The van der Waals surface area contributed by atoms with Crippen LogP contribution in [0.3, 0.4) is 0 Å². The van der Waals surface area contributed by atoms with E-state index < -0.39 is 0 Å². The van der Waals surface area contributed by atoms with Crippen molar-refractivity contribution in [3.8, 4) is 28.0 Å². The molecule has 0 saturated heterocycles. The third-order valence-electron chi connectivity index (χ3n) is 5.46. The highest BCUT2D eigenvalue weighted by molar-refractivity contribution is 7.41. The second-order valence-electron chi connectivity index (χ2n) is 7.49. The van der Waals surface area contributed by atoms with Crippen molar-refractivity contribution < 1.29 is 14.3 Å². The smallest absolute Gasteiger partial charge is 0.260 e. The van der Waals surface area contributed by atoms with Gasteiger partial charge in [0.25, 0.3) is 5.89 Å². The van der Waals surface area contributed by atoms with E-state index in [2.05, 4.69) is 15.2 Å². The molecule has 0 aliphatic heterocycles. The quantitative estimate of drug-likeness (QED) is 0.285.